The molecule has 0 spiro atoms. The Kier molecular flexibility index (Phi) is 5.82. The van der Waals surface area contributed by atoms with Crippen molar-refractivity contribution in [1.82, 2.24) is 9.80 Å². The zero-order chi connectivity index (χ0) is 18.8. The summed E-state index contributed by atoms with van der Waals surface area (Å²) in [5, 5.41) is 10.8. The van der Waals surface area contributed by atoms with Crippen LogP contribution in [0.4, 0.5) is 0 Å². The van der Waals surface area contributed by atoms with Crippen molar-refractivity contribution in [3.63, 3.8) is 0 Å². The Morgan fingerprint density at radius 1 is 1.19 bits per heavy atom. The van der Waals surface area contributed by atoms with Crippen LogP contribution in [-0.4, -0.2) is 40.6 Å². The van der Waals surface area contributed by atoms with Crippen molar-refractivity contribution in [1.29, 1.82) is 5.26 Å². The molecule has 0 unspecified atom stereocenters. The van der Waals surface area contributed by atoms with Crippen LogP contribution < -0.4 is 0 Å². The van der Waals surface area contributed by atoms with Crippen LogP contribution in [0.3, 0.4) is 0 Å². The molecule has 0 radical (unpaired) electrons. The Morgan fingerprint density at radius 3 is 2.59 bits per heavy atom. The fraction of sp³-hybridized carbons (Fsp3) is 0.524. The second-order valence-corrected chi connectivity index (χ2v) is 9.29. The van der Waals surface area contributed by atoms with Gasteiger partial charge in [0.15, 0.2) is 0 Å². The highest BCUT2D eigenvalue weighted by Crippen LogP contribution is 2.43. The number of carbonyl (C=O) groups excluding carboxylic acids is 1. The smallest absolute Gasteiger partial charge is 0.229 e. The standard InChI is InChI=1S/C21H25N3OS2/c1-26-17-9-7-15(8-10-17)18-11-20(25)24-13-23(16-5-3-2-4-6-16)14-27-21(24)19(18)12-22/h7-10,16,18H,2-6,11,13-14H2,1H3/t18-/m0/s1. The zero-order valence-corrected chi connectivity index (χ0v) is 17.3. The van der Waals surface area contributed by atoms with Gasteiger partial charge in [0.05, 0.1) is 29.2 Å². The molecule has 0 bridgehead atoms. The minimum absolute atomic E-state index is 0.113. The van der Waals surface area contributed by atoms with Crippen LogP contribution in [0.1, 0.15) is 50.0 Å². The van der Waals surface area contributed by atoms with Gasteiger partial charge in [-0.2, -0.15) is 5.26 Å². The summed E-state index contributed by atoms with van der Waals surface area (Å²) >= 11 is 3.38. The first-order chi connectivity index (χ1) is 13.2. The molecule has 1 aliphatic carbocycles. The fourth-order valence-corrected chi connectivity index (χ4v) is 6.02. The number of hydrogen-bond acceptors (Lipinski definition) is 5. The Bertz CT molecular complexity index is 778. The summed E-state index contributed by atoms with van der Waals surface area (Å²) in [5.74, 6) is 0.918. The van der Waals surface area contributed by atoms with Crippen LogP contribution in [-0.2, 0) is 4.79 Å². The molecule has 2 aliphatic heterocycles. The van der Waals surface area contributed by atoms with Gasteiger partial charge < -0.3 is 0 Å². The van der Waals surface area contributed by atoms with Gasteiger partial charge >= 0.3 is 0 Å². The maximum atomic E-state index is 13.0. The molecule has 2 heterocycles. The molecule has 1 amide bonds. The van der Waals surface area contributed by atoms with Crippen molar-refractivity contribution in [2.75, 3.05) is 18.8 Å². The minimum Gasteiger partial charge on any atom is -0.292 e. The van der Waals surface area contributed by atoms with E-state index in [0.29, 0.717) is 19.1 Å². The lowest BCUT2D eigenvalue weighted by atomic mass is 9.86. The summed E-state index contributed by atoms with van der Waals surface area (Å²) in [7, 11) is 0. The molecule has 6 heteroatoms. The zero-order valence-electron chi connectivity index (χ0n) is 15.7. The number of fused-ring (bicyclic) bond motifs is 1. The van der Waals surface area contributed by atoms with Gasteiger partial charge in [0.25, 0.3) is 0 Å². The molecule has 1 saturated carbocycles. The number of nitrogens with zero attached hydrogens (tertiary/aromatic N) is 3. The van der Waals surface area contributed by atoms with Crippen LogP contribution in [0.25, 0.3) is 0 Å². The molecule has 4 rings (SSSR count). The van der Waals surface area contributed by atoms with Gasteiger partial charge in [-0.15, -0.1) is 11.8 Å². The lowest BCUT2D eigenvalue weighted by Crippen LogP contribution is -2.51. The van der Waals surface area contributed by atoms with E-state index in [0.717, 1.165) is 22.0 Å². The van der Waals surface area contributed by atoms with E-state index in [4.69, 9.17) is 0 Å². The molecule has 0 N–H and O–H groups in total. The summed E-state index contributed by atoms with van der Waals surface area (Å²) in [4.78, 5) is 18.5. The molecule has 1 aromatic rings. The molecule has 0 aromatic heterocycles. The number of nitriles is 1. The predicted molar refractivity (Wildman–Crippen MR) is 111 cm³/mol. The third-order valence-corrected chi connectivity index (χ3v) is 7.84. The first-order valence-electron chi connectivity index (χ1n) is 9.66. The maximum absolute atomic E-state index is 13.0. The predicted octanol–water partition coefficient (Wildman–Crippen LogP) is 4.76. The fourth-order valence-electron chi connectivity index (χ4n) is 4.37. The van der Waals surface area contributed by atoms with Crippen molar-refractivity contribution in [3.05, 3.63) is 40.4 Å². The minimum atomic E-state index is -0.113. The number of allylic oxidation sites excluding steroid dienone is 1. The number of rotatable bonds is 3. The molecule has 142 valence electrons. The van der Waals surface area contributed by atoms with Gasteiger partial charge in [-0.1, -0.05) is 43.2 Å². The van der Waals surface area contributed by atoms with Gasteiger partial charge in [0, 0.05) is 23.3 Å². The molecule has 1 saturated heterocycles. The van der Waals surface area contributed by atoms with E-state index in [9.17, 15) is 10.1 Å². The largest absolute Gasteiger partial charge is 0.292 e. The quantitative estimate of drug-likeness (QED) is 0.686. The van der Waals surface area contributed by atoms with E-state index in [1.807, 2.05) is 4.90 Å². The molecular formula is C21H25N3OS2. The number of carbonyl (C=O) groups is 1. The highest BCUT2D eigenvalue weighted by Gasteiger charge is 2.39. The summed E-state index contributed by atoms with van der Waals surface area (Å²) in [5.41, 5.74) is 1.83. The van der Waals surface area contributed by atoms with Gasteiger partial charge in [0.1, 0.15) is 0 Å². The molecule has 4 nitrogen and oxygen atoms in total. The van der Waals surface area contributed by atoms with Crippen LogP contribution >= 0.6 is 23.5 Å². The van der Waals surface area contributed by atoms with Crippen LogP contribution in [0.5, 0.6) is 0 Å². The van der Waals surface area contributed by atoms with E-state index < -0.39 is 0 Å². The topological polar surface area (TPSA) is 47.3 Å². The number of thioether (sulfide) groups is 2. The summed E-state index contributed by atoms with van der Waals surface area (Å²) in [6, 6.07) is 11.3. The van der Waals surface area contributed by atoms with E-state index in [1.54, 1.807) is 23.5 Å². The van der Waals surface area contributed by atoms with E-state index in [-0.39, 0.29) is 11.8 Å². The van der Waals surface area contributed by atoms with Gasteiger partial charge in [-0.25, -0.2) is 0 Å². The van der Waals surface area contributed by atoms with E-state index in [2.05, 4.69) is 41.5 Å². The molecule has 3 aliphatic rings. The second-order valence-electron chi connectivity index (χ2n) is 7.48. The average molecular weight is 400 g/mol. The van der Waals surface area contributed by atoms with Crippen molar-refractivity contribution in [3.8, 4) is 6.07 Å². The van der Waals surface area contributed by atoms with E-state index >= 15 is 0 Å². The van der Waals surface area contributed by atoms with Crippen molar-refractivity contribution in [2.45, 2.75) is 55.4 Å². The highest BCUT2D eigenvalue weighted by molar-refractivity contribution is 8.03. The second kappa shape index (κ2) is 8.30. The number of amides is 1. The lowest BCUT2D eigenvalue weighted by Gasteiger charge is -2.44. The van der Waals surface area contributed by atoms with Gasteiger partial charge in [0.2, 0.25) is 5.91 Å². The van der Waals surface area contributed by atoms with Gasteiger partial charge in [-0.05, 0) is 36.8 Å². The first kappa shape index (κ1) is 18.9. The average Bonchev–Trinajstić information content (AvgIpc) is 2.74. The Balaban J connectivity index is 1.59. The third kappa shape index (κ3) is 3.78. The number of benzene rings is 1. The monoisotopic (exact) mass is 399 g/mol. The highest BCUT2D eigenvalue weighted by atomic mass is 32.2. The first-order valence-corrected chi connectivity index (χ1v) is 11.9. The summed E-state index contributed by atoms with van der Waals surface area (Å²) in [6.07, 6.45) is 8.83. The molecule has 1 atom stereocenters. The molecule has 27 heavy (non-hydrogen) atoms. The Morgan fingerprint density at radius 2 is 1.93 bits per heavy atom. The van der Waals surface area contributed by atoms with Crippen LogP contribution in [0.15, 0.2) is 39.8 Å². The number of hydrogen-bond donors (Lipinski definition) is 0. The maximum Gasteiger partial charge on any atom is 0.229 e. The molecule has 2 fully saturated rings. The van der Waals surface area contributed by atoms with Gasteiger partial charge in [-0.3, -0.25) is 14.6 Å². The third-order valence-electron chi connectivity index (χ3n) is 5.92. The van der Waals surface area contributed by atoms with Crippen LogP contribution in [0, 0.1) is 11.3 Å². The Labute approximate surface area is 170 Å². The van der Waals surface area contributed by atoms with E-state index in [1.165, 1.54) is 37.0 Å². The van der Waals surface area contributed by atoms with Crippen molar-refractivity contribution >= 4 is 29.4 Å². The normalized spacial score (nSPS) is 24.7. The van der Waals surface area contributed by atoms with Crippen molar-refractivity contribution < 1.29 is 4.79 Å². The summed E-state index contributed by atoms with van der Waals surface area (Å²) < 4.78 is 0. The van der Waals surface area contributed by atoms with Crippen molar-refractivity contribution in [2.24, 2.45) is 0 Å². The Hall–Kier alpha value is -1.42. The lowest BCUT2D eigenvalue weighted by molar-refractivity contribution is -0.132. The SMILES string of the molecule is CSc1ccc([C@@H]2CC(=O)N3CN(C4CCCCC4)CSC3=C2C#N)cc1. The summed E-state index contributed by atoms with van der Waals surface area (Å²) in [6.45, 7) is 0.648. The van der Waals surface area contributed by atoms with Crippen LogP contribution in [0.2, 0.25) is 0 Å². The molecule has 1 aromatic carbocycles. The molecular weight excluding hydrogens is 374 g/mol.